The molecular weight excluding hydrogens is 390 g/mol. The van der Waals surface area contributed by atoms with Crippen LogP contribution < -0.4 is 11.0 Å². The van der Waals surface area contributed by atoms with Gasteiger partial charge in [0.05, 0.1) is 12.3 Å². The normalized spacial score (nSPS) is 10.7. The molecule has 0 atom stereocenters. The standard InChI is InChI=1S/C20H15N5O3S/c21-10-16-18(14-8-4-5-9-15(14)28-16)22-17(26)12-29-20-24-23-19(27)25(20)11-13-6-2-1-3-7-13/h1-9H,11-12H2,(H,22,26)(H,23,27). The van der Waals surface area contributed by atoms with E-state index in [-0.39, 0.29) is 23.1 Å². The van der Waals surface area contributed by atoms with Crippen molar-refractivity contribution in [2.45, 2.75) is 11.7 Å². The fourth-order valence-corrected chi connectivity index (χ4v) is 3.62. The van der Waals surface area contributed by atoms with Gasteiger partial charge in [0.1, 0.15) is 17.3 Å². The largest absolute Gasteiger partial charge is 0.443 e. The first kappa shape index (κ1) is 18.6. The Kier molecular flexibility index (Phi) is 5.18. The molecule has 4 aromatic rings. The highest BCUT2D eigenvalue weighted by Crippen LogP contribution is 2.30. The minimum atomic E-state index is -0.343. The second-order valence-electron chi connectivity index (χ2n) is 6.13. The lowest BCUT2D eigenvalue weighted by Gasteiger charge is -2.06. The molecule has 0 spiro atoms. The van der Waals surface area contributed by atoms with Gasteiger partial charge in [-0.1, -0.05) is 54.2 Å². The topological polar surface area (TPSA) is 117 Å². The molecule has 0 unspecified atom stereocenters. The van der Waals surface area contributed by atoms with Gasteiger partial charge in [-0.2, -0.15) is 5.26 Å². The summed E-state index contributed by atoms with van der Waals surface area (Å²) in [5, 5.41) is 19.5. The van der Waals surface area contributed by atoms with Crippen LogP contribution in [0.3, 0.4) is 0 Å². The maximum absolute atomic E-state index is 12.5. The van der Waals surface area contributed by atoms with Crippen LogP contribution in [0.25, 0.3) is 11.0 Å². The van der Waals surface area contributed by atoms with E-state index in [0.717, 1.165) is 17.3 Å². The zero-order chi connectivity index (χ0) is 20.2. The molecule has 2 heterocycles. The molecule has 0 aliphatic heterocycles. The predicted molar refractivity (Wildman–Crippen MR) is 109 cm³/mol. The quantitative estimate of drug-likeness (QED) is 0.476. The maximum Gasteiger partial charge on any atom is 0.344 e. The second kappa shape index (κ2) is 8.08. The van der Waals surface area contributed by atoms with E-state index < -0.39 is 0 Å². The maximum atomic E-state index is 12.5. The summed E-state index contributed by atoms with van der Waals surface area (Å²) < 4.78 is 6.93. The van der Waals surface area contributed by atoms with Gasteiger partial charge in [-0.15, -0.1) is 5.10 Å². The average molecular weight is 405 g/mol. The molecule has 0 saturated carbocycles. The number of carbonyl (C=O) groups excluding carboxylic acids is 1. The fourth-order valence-electron chi connectivity index (χ4n) is 2.87. The first-order chi connectivity index (χ1) is 14.2. The van der Waals surface area contributed by atoms with Crippen LogP contribution in [0.15, 0.2) is 69.0 Å². The second-order valence-corrected chi connectivity index (χ2v) is 7.08. The van der Waals surface area contributed by atoms with Crippen molar-refractivity contribution in [1.29, 1.82) is 5.26 Å². The van der Waals surface area contributed by atoms with Crippen LogP contribution in [-0.4, -0.2) is 26.4 Å². The van der Waals surface area contributed by atoms with E-state index in [1.165, 1.54) is 4.57 Å². The number of H-pyrrole nitrogens is 1. The van der Waals surface area contributed by atoms with Crippen molar-refractivity contribution in [3.8, 4) is 6.07 Å². The van der Waals surface area contributed by atoms with Gasteiger partial charge < -0.3 is 9.73 Å². The van der Waals surface area contributed by atoms with E-state index in [9.17, 15) is 14.9 Å². The van der Waals surface area contributed by atoms with Gasteiger partial charge in [0.25, 0.3) is 0 Å². The summed E-state index contributed by atoms with van der Waals surface area (Å²) in [5.41, 5.74) is 1.48. The number of hydrogen-bond acceptors (Lipinski definition) is 6. The van der Waals surface area contributed by atoms with Crippen molar-refractivity contribution in [1.82, 2.24) is 14.8 Å². The molecule has 9 heteroatoms. The Bertz CT molecular complexity index is 1270. The Hall–Kier alpha value is -3.77. The first-order valence-electron chi connectivity index (χ1n) is 8.69. The van der Waals surface area contributed by atoms with E-state index in [1.54, 1.807) is 24.3 Å². The number of para-hydroxylation sites is 1. The molecule has 0 radical (unpaired) electrons. The molecule has 2 aromatic carbocycles. The summed E-state index contributed by atoms with van der Waals surface area (Å²) in [5.74, 6) is -0.270. The van der Waals surface area contributed by atoms with Crippen LogP contribution >= 0.6 is 11.8 Å². The average Bonchev–Trinajstić information content (AvgIpc) is 3.28. The Balaban J connectivity index is 1.48. The lowest BCUT2D eigenvalue weighted by atomic mass is 10.2. The van der Waals surface area contributed by atoms with Crippen LogP contribution in [0.4, 0.5) is 5.69 Å². The molecule has 0 aliphatic carbocycles. The fraction of sp³-hybridized carbons (Fsp3) is 0.100. The Morgan fingerprint density at radius 2 is 1.97 bits per heavy atom. The first-order valence-corrected chi connectivity index (χ1v) is 9.67. The summed E-state index contributed by atoms with van der Waals surface area (Å²) >= 11 is 1.13. The third-order valence-corrected chi connectivity index (χ3v) is 5.18. The molecule has 29 heavy (non-hydrogen) atoms. The van der Waals surface area contributed by atoms with Crippen LogP contribution in [0.5, 0.6) is 0 Å². The number of carbonyl (C=O) groups is 1. The van der Waals surface area contributed by atoms with Crippen LogP contribution in [0.2, 0.25) is 0 Å². The number of nitrogens with zero attached hydrogens (tertiary/aromatic N) is 3. The zero-order valence-electron chi connectivity index (χ0n) is 15.1. The van der Waals surface area contributed by atoms with Gasteiger partial charge in [-0.3, -0.25) is 9.36 Å². The molecule has 144 valence electrons. The molecule has 0 saturated heterocycles. The number of nitrogens with one attached hydrogen (secondary N) is 2. The number of fused-ring (bicyclic) bond motifs is 1. The number of thioether (sulfide) groups is 1. The summed E-state index contributed by atoms with van der Waals surface area (Å²) in [6, 6.07) is 18.5. The van der Waals surface area contributed by atoms with Gasteiger partial charge in [-0.05, 0) is 17.7 Å². The number of amides is 1. The number of rotatable bonds is 6. The SMILES string of the molecule is N#Cc1oc2ccccc2c1NC(=O)CSc1n[nH]c(=O)n1Cc1ccccc1. The Morgan fingerprint density at radius 1 is 1.21 bits per heavy atom. The molecule has 4 rings (SSSR count). The summed E-state index contributed by atoms with van der Waals surface area (Å²) in [6.45, 7) is 0.352. The minimum absolute atomic E-state index is 0.0173. The highest BCUT2D eigenvalue weighted by Gasteiger charge is 2.17. The predicted octanol–water partition coefficient (Wildman–Crippen LogP) is 2.97. The lowest BCUT2D eigenvalue weighted by molar-refractivity contribution is -0.113. The summed E-state index contributed by atoms with van der Waals surface area (Å²) in [6.07, 6.45) is 0. The summed E-state index contributed by atoms with van der Waals surface area (Å²) in [4.78, 5) is 24.5. The van der Waals surface area contributed by atoms with E-state index >= 15 is 0 Å². The van der Waals surface area contributed by atoms with Gasteiger partial charge in [0.2, 0.25) is 11.7 Å². The third kappa shape index (κ3) is 3.93. The van der Waals surface area contributed by atoms with Crippen molar-refractivity contribution in [3.63, 3.8) is 0 Å². The van der Waals surface area contributed by atoms with E-state index in [2.05, 4.69) is 15.5 Å². The van der Waals surface area contributed by atoms with Gasteiger partial charge in [0.15, 0.2) is 5.16 Å². The Labute approximate surface area is 169 Å². The number of hydrogen-bond donors (Lipinski definition) is 2. The molecular formula is C20H15N5O3S. The highest BCUT2D eigenvalue weighted by molar-refractivity contribution is 7.99. The third-order valence-electron chi connectivity index (χ3n) is 4.20. The van der Waals surface area contributed by atoms with Crippen LogP contribution in [-0.2, 0) is 11.3 Å². The number of nitriles is 1. The van der Waals surface area contributed by atoms with Crippen molar-refractivity contribution in [2.24, 2.45) is 0 Å². The van der Waals surface area contributed by atoms with Crippen molar-refractivity contribution in [3.05, 3.63) is 76.4 Å². The summed E-state index contributed by atoms with van der Waals surface area (Å²) in [7, 11) is 0. The molecule has 0 bridgehead atoms. The number of aromatic nitrogens is 3. The molecule has 8 nitrogen and oxygen atoms in total. The van der Waals surface area contributed by atoms with Gasteiger partial charge >= 0.3 is 5.69 Å². The lowest BCUT2D eigenvalue weighted by Crippen LogP contribution is -2.19. The van der Waals surface area contributed by atoms with Crippen LogP contribution in [0, 0.1) is 11.3 Å². The number of furan rings is 1. The highest BCUT2D eigenvalue weighted by atomic mass is 32.2. The molecule has 0 fully saturated rings. The number of benzene rings is 2. The number of aromatic amines is 1. The number of anilines is 1. The van der Waals surface area contributed by atoms with E-state index in [0.29, 0.717) is 28.4 Å². The van der Waals surface area contributed by atoms with Crippen molar-refractivity contribution >= 4 is 34.3 Å². The minimum Gasteiger partial charge on any atom is -0.443 e. The zero-order valence-corrected chi connectivity index (χ0v) is 15.9. The van der Waals surface area contributed by atoms with Crippen molar-refractivity contribution in [2.75, 3.05) is 11.1 Å². The van der Waals surface area contributed by atoms with Crippen LogP contribution in [0.1, 0.15) is 11.3 Å². The monoisotopic (exact) mass is 405 g/mol. The Morgan fingerprint density at radius 3 is 2.76 bits per heavy atom. The van der Waals surface area contributed by atoms with Gasteiger partial charge in [-0.25, -0.2) is 9.89 Å². The van der Waals surface area contributed by atoms with Gasteiger partial charge in [0, 0.05) is 5.39 Å². The van der Waals surface area contributed by atoms with E-state index in [1.807, 2.05) is 36.4 Å². The smallest absolute Gasteiger partial charge is 0.344 e. The molecule has 2 N–H and O–H groups in total. The van der Waals surface area contributed by atoms with Crippen molar-refractivity contribution < 1.29 is 9.21 Å². The molecule has 0 aliphatic rings. The molecule has 2 aromatic heterocycles. The molecule has 1 amide bonds. The van der Waals surface area contributed by atoms with E-state index in [4.69, 9.17) is 4.42 Å².